The van der Waals surface area contributed by atoms with Crippen molar-refractivity contribution in [1.82, 2.24) is 14.9 Å². The average molecular weight is 351 g/mol. The lowest BCUT2D eigenvalue weighted by atomic mass is 10.1. The molecule has 3 aromatic rings. The Bertz CT molecular complexity index is 1050. The molecule has 0 fully saturated rings. The van der Waals surface area contributed by atoms with Crippen LogP contribution in [0.15, 0.2) is 46.3 Å². The molecular weight excluding hydrogens is 334 g/mol. The van der Waals surface area contributed by atoms with Crippen LogP contribution in [0.25, 0.3) is 21.7 Å². The van der Waals surface area contributed by atoms with Crippen molar-refractivity contribution in [3.8, 4) is 12.3 Å². The number of amides is 1. The van der Waals surface area contributed by atoms with Crippen LogP contribution < -0.4 is 10.9 Å². The molecule has 1 heterocycles. The molecule has 5 nitrogen and oxygen atoms in total. The second kappa shape index (κ2) is 7.41. The maximum Gasteiger partial charge on any atom is 0.262 e. The van der Waals surface area contributed by atoms with Gasteiger partial charge in [-0.25, -0.2) is 4.98 Å². The van der Waals surface area contributed by atoms with Crippen LogP contribution in [0.1, 0.15) is 6.92 Å². The zero-order chi connectivity index (χ0) is 17.8. The van der Waals surface area contributed by atoms with Crippen LogP contribution in [0.3, 0.4) is 0 Å². The first-order valence-electron chi connectivity index (χ1n) is 7.90. The van der Waals surface area contributed by atoms with Gasteiger partial charge in [-0.3, -0.25) is 14.2 Å². The molecule has 25 heavy (non-hydrogen) atoms. The molecule has 0 aliphatic carbocycles. The lowest BCUT2D eigenvalue weighted by Gasteiger charge is -2.11. The molecule has 0 spiro atoms. The largest absolute Gasteiger partial charge is 0.344 e. The molecule has 0 radical (unpaired) electrons. The van der Waals surface area contributed by atoms with Gasteiger partial charge < -0.3 is 5.32 Å². The Hall–Kier alpha value is -2.78. The second-order valence-corrected chi connectivity index (χ2v) is 6.37. The molecule has 0 saturated carbocycles. The first-order valence-corrected chi connectivity index (χ1v) is 8.89. The highest BCUT2D eigenvalue weighted by Crippen LogP contribution is 2.22. The zero-order valence-electron chi connectivity index (χ0n) is 13.8. The van der Waals surface area contributed by atoms with E-state index in [1.54, 1.807) is 4.57 Å². The molecule has 126 valence electrons. The van der Waals surface area contributed by atoms with E-state index in [0.29, 0.717) is 22.6 Å². The number of carbonyl (C=O) groups excluding carboxylic acids is 1. The van der Waals surface area contributed by atoms with Gasteiger partial charge in [0.15, 0.2) is 5.16 Å². The molecule has 3 rings (SSSR count). The fourth-order valence-corrected chi connectivity index (χ4v) is 3.50. The number of fused-ring (bicyclic) bond motifs is 2. The third-order valence-corrected chi connectivity index (χ3v) is 4.80. The summed E-state index contributed by atoms with van der Waals surface area (Å²) in [7, 11) is 0. The number of hydrogen-bond donors (Lipinski definition) is 1. The Kier molecular flexibility index (Phi) is 5.05. The zero-order valence-corrected chi connectivity index (χ0v) is 14.6. The fourth-order valence-electron chi connectivity index (χ4n) is 2.61. The molecule has 0 atom stereocenters. The van der Waals surface area contributed by atoms with E-state index in [4.69, 9.17) is 6.42 Å². The highest BCUT2D eigenvalue weighted by Gasteiger charge is 2.13. The van der Waals surface area contributed by atoms with E-state index in [0.717, 1.165) is 10.8 Å². The number of hydrogen-bond acceptors (Lipinski definition) is 4. The van der Waals surface area contributed by atoms with Crippen molar-refractivity contribution in [2.75, 3.05) is 12.3 Å². The molecule has 0 aliphatic rings. The maximum absolute atomic E-state index is 12.8. The monoisotopic (exact) mass is 351 g/mol. The predicted molar refractivity (Wildman–Crippen MR) is 102 cm³/mol. The molecular formula is C19H17N3O2S. The van der Waals surface area contributed by atoms with Crippen LogP contribution in [0.5, 0.6) is 0 Å². The predicted octanol–water partition coefficient (Wildman–Crippen LogP) is 2.41. The van der Waals surface area contributed by atoms with Gasteiger partial charge in [-0.15, -0.1) is 6.42 Å². The van der Waals surface area contributed by atoms with Gasteiger partial charge in [0, 0.05) is 6.54 Å². The van der Waals surface area contributed by atoms with Gasteiger partial charge in [-0.2, -0.15) is 0 Å². The van der Waals surface area contributed by atoms with E-state index in [1.807, 2.05) is 43.3 Å². The summed E-state index contributed by atoms with van der Waals surface area (Å²) >= 11 is 1.24. The van der Waals surface area contributed by atoms with Gasteiger partial charge >= 0.3 is 0 Å². The number of nitrogens with one attached hydrogen (secondary N) is 1. The minimum Gasteiger partial charge on any atom is -0.344 e. The maximum atomic E-state index is 12.8. The lowest BCUT2D eigenvalue weighted by Crippen LogP contribution is -2.27. The smallest absolute Gasteiger partial charge is 0.262 e. The Balaban J connectivity index is 2.03. The number of rotatable bonds is 5. The summed E-state index contributed by atoms with van der Waals surface area (Å²) in [6.45, 7) is 2.57. The minimum absolute atomic E-state index is 0.0928. The van der Waals surface area contributed by atoms with E-state index in [9.17, 15) is 9.59 Å². The fraction of sp³-hybridized carbons (Fsp3) is 0.211. The molecule has 1 N–H and O–H groups in total. The van der Waals surface area contributed by atoms with Crippen molar-refractivity contribution in [1.29, 1.82) is 0 Å². The Morgan fingerprint density at radius 1 is 1.32 bits per heavy atom. The van der Waals surface area contributed by atoms with Crippen molar-refractivity contribution >= 4 is 39.3 Å². The third kappa shape index (κ3) is 3.52. The Morgan fingerprint density at radius 2 is 2.04 bits per heavy atom. The van der Waals surface area contributed by atoms with Gasteiger partial charge in [-0.05, 0) is 29.8 Å². The second-order valence-electron chi connectivity index (χ2n) is 5.43. The number of benzene rings is 2. The van der Waals surface area contributed by atoms with Gasteiger partial charge in [0.1, 0.15) is 0 Å². The van der Waals surface area contributed by atoms with Crippen LogP contribution in [0.2, 0.25) is 0 Å². The van der Waals surface area contributed by atoms with E-state index in [2.05, 4.69) is 16.2 Å². The number of aromatic nitrogens is 2. The van der Waals surface area contributed by atoms with Crippen LogP contribution in [-0.4, -0.2) is 27.8 Å². The molecule has 0 saturated heterocycles. The number of carbonyl (C=O) groups is 1. The van der Waals surface area contributed by atoms with Gasteiger partial charge in [0.05, 0.1) is 23.2 Å². The molecule has 0 bridgehead atoms. The summed E-state index contributed by atoms with van der Waals surface area (Å²) in [4.78, 5) is 29.2. The van der Waals surface area contributed by atoms with Crippen molar-refractivity contribution in [3.63, 3.8) is 0 Å². The molecule has 6 heteroatoms. The highest BCUT2D eigenvalue weighted by atomic mass is 32.2. The summed E-state index contributed by atoms with van der Waals surface area (Å²) in [6, 6.07) is 11.6. The highest BCUT2D eigenvalue weighted by molar-refractivity contribution is 7.99. The summed E-state index contributed by atoms with van der Waals surface area (Å²) in [5, 5.41) is 5.76. The molecule has 2 aromatic carbocycles. The van der Waals surface area contributed by atoms with Crippen molar-refractivity contribution < 1.29 is 4.79 Å². The summed E-state index contributed by atoms with van der Waals surface area (Å²) < 4.78 is 1.59. The number of thioether (sulfide) groups is 1. The number of terminal acetylenes is 1. The summed E-state index contributed by atoms with van der Waals surface area (Å²) in [6.07, 6.45) is 5.13. The minimum atomic E-state index is -0.182. The number of nitrogens with zero attached hydrogens (tertiary/aromatic N) is 2. The van der Waals surface area contributed by atoms with E-state index in [1.165, 1.54) is 11.8 Å². The first-order chi connectivity index (χ1) is 12.1. The van der Waals surface area contributed by atoms with Crippen LogP contribution in [0, 0.1) is 12.3 Å². The van der Waals surface area contributed by atoms with Crippen molar-refractivity contribution in [2.45, 2.75) is 18.6 Å². The lowest BCUT2D eigenvalue weighted by molar-refractivity contribution is -0.118. The van der Waals surface area contributed by atoms with Gasteiger partial charge in [-0.1, -0.05) is 41.9 Å². The Morgan fingerprint density at radius 3 is 2.72 bits per heavy atom. The van der Waals surface area contributed by atoms with E-state index in [-0.39, 0.29) is 23.8 Å². The van der Waals surface area contributed by atoms with Crippen LogP contribution >= 0.6 is 11.8 Å². The summed E-state index contributed by atoms with van der Waals surface area (Å²) in [5.74, 6) is 2.34. The molecule has 1 aromatic heterocycles. The summed E-state index contributed by atoms with van der Waals surface area (Å²) in [5.41, 5.74) is 0.546. The Labute approximate surface area is 149 Å². The quantitative estimate of drug-likeness (QED) is 0.332. The van der Waals surface area contributed by atoms with Crippen molar-refractivity contribution in [3.05, 3.63) is 46.8 Å². The van der Waals surface area contributed by atoms with E-state index >= 15 is 0 Å². The third-order valence-electron chi connectivity index (χ3n) is 3.82. The van der Waals surface area contributed by atoms with Crippen LogP contribution in [-0.2, 0) is 11.3 Å². The van der Waals surface area contributed by atoms with Gasteiger partial charge in [0.25, 0.3) is 5.56 Å². The average Bonchev–Trinajstić information content (AvgIpc) is 2.63. The van der Waals surface area contributed by atoms with Crippen molar-refractivity contribution in [2.24, 2.45) is 0 Å². The normalized spacial score (nSPS) is 10.7. The van der Waals surface area contributed by atoms with Gasteiger partial charge in [0.2, 0.25) is 5.91 Å². The topological polar surface area (TPSA) is 64.0 Å². The first kappa shape index (κ1) is 17.1. The SMILES string of the molecule is C#CCNC(=O)CSc1nc2cc3ccccc3cc2c(=O)n1CC. The molecule has 0 unspecified atom stereocenters. The standard InChI is InChI=1S/C19H17N3O2S/c1-3-9-20-17(23)12-25-19-21-16-11-14-8-6-5-7-13(14)10-15(16)18(24)22(19)4-2/h1,5-8,10-11H,4,9,12H2,2H3,(H,20,23). The molecule has 1 amide bonds. The van der Waals surface area contributed by atoms with Crippen LogP contribution in [0.4, 0.5) is 0 Å². The van der Waals surface area contributed by atoms with E-state index < -0.39 is 0 Å². The molecule has 0 aliphatic heterocycles.